The van der Waals surface area contributed by atoms with Gasteiger partial charge in [-0.25, -0.2) is 0 Å². The third-order valence-corrected chi connectivity index (χ3v) is 2.44. The molecule has 0 spiro atoms. The van der Waals surface area contributed by atoms with Crippen LogP contribution in [0.25, 0.3) is 0 Å². The molecule has 1 N–H and O–H groups in total. The number of nitrogens with zero attached hydrogens (tertiary/aromatic N) is 2. The van der Waals surface area contributed by atoms with Gasteiger partial charge in [0.25, 0.3) is 0 Å². The van der Waals surface area contributed by atoms with Crippen LogP contribution in [0.1, 0.15) is 18.2 Å². The van der Waals surface area contributed by atoms with Gasteiger partial charge in [0.1, 0.15) is 0 Å². The molecule has 2 aromatic rings. The van der Waals surface area contributed by atoms with Crippen LogP contribution in [-0.4, -0.2) is 14.9 Å². The summed E-state index contributed by atoms with van der Waals surface area (Å²) in [7, 11) is 1.86. The zero-order valence-corrected chi connectivity index (χ0v) is 8.84. The second-order valence-corrected chi connectivity index (χ2v) is 3.94. The summed E-state index contributed by atoms with van der Waals surface area (Å²) in [6.07, 6.45) is 5.46. The predicted octanol–water partition coefficient (Wildman–Crippen LogP) is 1.46. The molecule has 2 rings (SSSR count). The number of aryl methyl sites for hydroxylation is 1. The molecule has 0 saturated heterocycles. The highest BCUT2D eigenvalue weighted by atomic mass is 16.3. The fraction of sp³-hybridized carbons (Fsp3) is 0.364. The van der Waals surface area contributed by atoms with Gasteiger partial charge in [-0.15, -0.1) is 0 Å². The Morgan fingerprint density at radius 2 is 2.33 bits per heavy atom. The second-order valence-electron chi connectivity index (χ2n) is 3.94. The number of aromatic nitrogens is 2. The monoisotopic (exact) mass is 206 g/mol. The molecule has 15 heavy (non-hydrogen) atoms. The van der Waals surface area contributed by atoms with Crippen LogP contribution < -0.4 is 0 Å². The molecular weight excluding hydrogens is 192 g/mol. The van der Waals surface area contributed by atoms with Gasteiger partial charge in [0.2, 0.25) is 0 Å². The van der Waals surface area contributed by atoms with Crippen LogP contribution in [0, 0.1) is 0 Å². The SMILES string of the molecule is Cn1ccc(CC(C)(O)c2ccoc2)n1. The highest BCUT2D eigenvalue weighted by Crippen LogP contribution is 2.24. The van der Waals surface area contributed by atoms with Crippen LogP contribution in [0.5, 0.6) is 0 Å². The largest absolute Gasteiger partial charge is 0.472 e. The van der Waals surface area contributed by atoms with Crippen molar-refractivity contribution in [3.63, 3.8) is 0 Å². The lowest BCUT2D eigenvalue weighted by Crippen LogP contribution is -2.23. The van der Waals surface area contributed by atoms with Crippen molar-refractivity contribution in [1.29, 1.82) is 0 Å². The van der Waals surface area contributed by atoms with Crippen molar-refractivity contribution < 1.29 is 9.52 Å². The Hall–Kier alpha value is -1.55. The first kappa shape index (κ1) is 9.98. The molecule has 0 aromatic carbocycles. The highest BCUT2D eigenvalue weighted by Gasteiger charge is 2.25. The normalized spacial score (nSPS) is 15.1. The van der Waals surface area contributed by atoms with Gasteiger partial charge < -0.3 is 9.52 Å². The smallest absolute Gasteiger partial charge is 0.0963 e. The summed E-state index contributed by atoms with van der Waals surface area (Å²) in [5.41, 5.74) is 0.707. The standard InChI is InChI=1S/C11H14N2O2/c1-11(14,9-4-6-15-8-9)7-10-3-5-13(2)12-10/h3-6,8,14H,7H2,1-2H3. The summed E-state index contributed by atoms with van der Waals surface area (Å²) in [5, 5.41) is 14.5. The minimum absolute atomic E-state index is 0.480. The first-order valence-corrected chi connectivity index (χ1v) is 4.81. The number of rotatable bonds is 3. The lowest BCUT2D eigenvalue weighted by Gasteiger charge is -2.20. The molecule has 0 bridgehead atoms. The van der Waals surface area contributed by atoms with E-state index in [1.165, 1.54) is 0 Å². The number of hydrogen-bond donors (Lipinski definition) is 1. The summed E-state index contributed by atoms with van der Waals surface area (Å²) >= 11 is 0. The molecule has 1 unspecified atom stereocenters. The van der Waals surface area contributed by atoms with Gasteiger partial charge >= 0.3 is 0 Å². The van der Waals surface area contributed by atoms with Gasteiger partial charge in [0, 0.05) is 25.2 Å². The van der Waals surface area contributed by atoms with Crippen LogP contribution in [-0.2, 0) is 19.1 Å². The van der Waals surface area contributed by atoms with Crippen molar-refractivity contribution in [2.45, 2.75) is 18.9 Å². The summed E-state index contributed by atoms with van der Waals surface area (Å²) in [5.74, 6) is 0. The van der Waals surface area contributed by atoms with Crippen LogP contribution in [0.2, 0.25) is 0 Å². The van der Waals surface area contributed by atoms with Crippen LogP contribution in [0.3, 0.4) is 0 Å². The lowest BCUT2D eigenvalue weighted by molar-refractivity contribution is 0.0558. The molecule has 4 heteroatoms. The Kier molecular flexibility index (Phi) is 2.36. The molecule has 80 valence electrons. The van der Waals surface area contributed by atoms with E-state index in [-0.39, 0.29) is 0 Å². The van der Waals surface area contributed by atoms with Crippen molar-refractivity contribution in [2.24, 2.45) is 7.05 Å². The fourth-order valence-electron chi connectivity index (χ4n) is 1.58. The van der Waals surface area contributed by atoms with Crippen LogP contribution in [0.15, 0.2) is 35.3 Å². The molecule has 0 amide bonds. The van der Waals surface area contributed by atoms with Crippen molar-refractivity contribution in [2.75, 3.05) is 0 Å². The second kappa shape index (κ2) is 3.55. The summed E-state index contributed by atoms with van der Waals surface area (Å²) in [6.45, 7) is 1.76. The third kappa shape index (κ3) is 2.10. The van der Waals surface area contributed by atoms with E-state index in [2.05, 4.69) is 5.10 Å². The third-order valence-electron chi connectivity index (χ3n) is 2.44. The molecule has 0 aliphatic rings. The van der Waals surface area contributed by atoms with E-state index in [9.17, 15) is 5.11 Å². The lowest BCUT2D eigenvalue weighted by atomic mass is 9.94. The zero-order chi connectivity index (χ0) is 10.9. The van der Waals surface area contributed by atoms with Gasteiger partial charge in [-0.3, -0.25) is 4.68 Å². The summed E-state index contributed by atoms with van der Waals surface area (Å²) in [6, 6.07) is 3.66. The maximum absolute atomic E-state index is 10.2. The number of aliphatic hydroxyl groups is 1. The van der Waals surface area contributed by atoms with E-state index < -0.39 is 5.60 Å². The van der Waals surface area contributed by atoms with E-state index in [0.717, 1.165) is 11.3 Å². The maximum Gasteiger partial charge on any atom is 0.0963 e. The molecule has 0 radical (unpaired) electrons. The Morgan fingerprint density at radius 1 is 1.53 bits per heavy atom. The Morgan fingerprint density at radius 3 is 2.87 bits per heavy atom. The molecular formula is C11H14N2O2. The first-order chi connectivity index (χ1) is 7.08. The van der Waals surface area contributed by atoms with Crippen molar-refractivity contribution in [3.8, 4) is 0 Å². The highest BCUT2D eigenvalue weighted by molar-refractivity contribution is 5.18. The van der Waals surface area contributed by atoms with Gasteiger partial charge in [-0.2, -0.15) is 5.10 Å². The van der Waals surface area contributed by atoms with Gasteiger partial charge in [-0.1, -0.05) is 0 Å². The minimum Gasteiger partial charge on any atom is -0.472 e. The Labute approximate surface area is 88.1 Å². The average molecular weight is 206 g/mol. The van der Waals surface area contributed by atoms with E-state index in [1.807, 2.05) is 19.3 Å². The van der Waals surface area contributed by atoms with Crippen LogP contribution >= 0.6 is 0 Å². The molecule has 2 heterocycles. The van der Waals surface area contributed by atoms with Gasteiger partial charge in [-0.05, 0) is 19.1 Å². The van der Waals surface area contributed by atoms with Crippen molar-refractivity contribution in [1.82, 2.24) is 9.78 Å². The molecule has 0 fully saturated rings. The number of furan rings is 1. The fourth-order valence-corrected chi connectivity index (χ4v) is 1.58. The van der Waals surface area contributed by atoms with Gasteiger partial charge in [0.15, 0.2) is 0 Å². The summed E-state index contributed by atoms with van der Waals surface area (Å²) in [4.78, 5) is 0. The van der Waals surface area contributed by atoms with E-state index in [1.54, 1.807) is 30.2 Å². The molecule has 0 saturated carbocycles. The van der Waals surface area contributed by atoms with E-state index in [0.29, 0.717) is 6.42 Å². The van der Waals surface area contributed by atoms with Crippen molar-refractivity contribution >= 4 is 0 Å². The molecule has 0 aliphatic carbocycles. The van der Waals surface area contributed by atoms with Gasteiger partial charge in [0.05, 0.1) is 23.8 Å². The number of hydrogen-bond acceptors (Lipinski definition) is 3. The maximum atomic E-state index is 10.2. The van der Waals surface area contributed by atoms with Crippen LogP contribution in [0.4, 0.5) is 0 Å². The quantitative estimate of drug-likeness (QED) is 0.827. The predicted molar refractivity (Wildman–Crippen MR) is 55.2 cm³/mol. The molecule has 4 nitrogen and oxygen atoms in total. The summed E-state index contributed by atoms with van der Waals surface area (Å²) < 4.78 is 6.68. The van der Waals surface area contributed by atoms with Crippen molar-refractivity contribution in [3.05, 3.63) is 42.1 Å². The minimum atomic E-state index is -0.929. The molecule has 1 atom stereocenters. The van der Waals surface area contributed by atoms with E-state index >= 15 is 0 Å². The average Bonchev–Trinajstić information content (AvgIpc) is 2.75. The topological polar surface area (TPSA) is 51.2 Å². The first-order valence-electron chi connectivity index (χ1n) is 4.81. The Bertz CT molecular complexity index is 429. The van der Waals surface area contributed by atoms with E-state index in [4.69, 9.17) is 4.42 Å². The molecule has 2 aromatic heterocycles. The Balaban J connectivity index is 2.18. The molecule has 0 aliphatic heterocycles. The zero-order valence-electron chi connectivity index (χ0n) is 8.84.